The SMILES string of the molecule is Cc1nc(Nc2ccc(C(F)(F)F)cc2)cc(C(=O)NC2CCCCCC2)n1. The number of halogens is 3. The van der Waals surface area contributed by atoms with Crippen LogP contribution >= 0.6 is 0 Å². The van der Waals surface area contributed by atoms with E-state index in [1.54, 1.807) is 6.92 Å². The van der Waals surface area contributed by atoms with E-state index in [2.05, 4.69) is 20.6 Å². The summed E-state index contributed by atoms with van der Waals surface area (Å²) in [5.74, 6) is 0.508. The van der Waals surface area contributed by atoms with Gasteiger partial charge in [-0.3, -0.25) is 4.79 Å². The number of hydrogen-bond donors (Lipinski definition) is 2. The number of amides is 1. The molecule has 150 valence electrons. The van der Waals surface area contributed by atoms with Crippen LogP contribution in [0.2, 0.25) is 0 Å². The van der Waals surface area contributed by atoms with E-state index in [9.17, 15) is 18.0 Å². The molecule has 1 aliphatic rings. The van der Waals surface area contributed by atoms with Crippen LogP contribution < -0.4 is 10.6 Å². The summed E-state index contributed by atoms with van der Waals surface area (Å²) in [5.41, 5.74) is -0.0345. The Morgan fingerprint density at radius 3 is 2.29 bits per heavy atom. The van der Waals surface area contributed by atoms with Crippen molar-refractivity contribution in [3.63, 3.8) is 0 Å². The lowest BCUT2D eigenvalue weighted by atomic mass is 10.1. The molecule has 0 aliphatic heterocycles. The van der Waals surface area contributed by atoms with Gasteiger partial charge in [-0.15, -0.1) is 0 Å². The zero-order chi connectivity index (χ0) is 20.1. The van der Waals surface area contributed by atoms with Gasteiger partial charge in [-0.2, -0.15) is 13.2 Å². The van der Waals surface area contributed by atoms with Gasteiger partial charge in [0, 0.05) is 17.8 Å². The van der Waals surface area contributed by atoms with E-state index in [1.165, 1.54) is 31.0 Å². The molecule has 0 bridgehead atoms. The number of aromatic nitrogens is 2. The Labute approximate surface area is 161 Å². The topological polar surface area (TPSA) is 66.9 Å². The summed E-state index contributed by atoms with van der Waals surface area (Å²) in [7, 11) is 0. The van der Waals surface area contributed by atoms with Gasteiger partial charge in [-0.1, -0.05) is 25.7 Å². The molecule has 2 aromatic rings. The number of anilines is 2. The maximum Gasteiger partial charge on any atom is 0.416 e. The molecule has 1 heterocycles. The Balaban J connectivity index is 1.71. The van der Waals surface area contributed by atoms with Gasteiger partial charge in [0.1, 0.15) is 17.3 Å². The molecule has 0 saturated heterocycles. The number of rotatable bonds is 4. The molecule has 1 aromatic heterocycles. The van der Waals surface area contributed by atoms with Crippen molar-refractivity contribution < 1.29 is 18.0 Å². The summed E-state index contributed by atoms with van der Waals surface area (Å²) in [6.45, 7) is 1.67. The Hall–Kier alpha value is -2.64. The highest BCUT2D eigenvalue weighted by atomic mass is 19.4. The molecule has 1 saturated carbocycles. The highest BCUT2D eigenvalue weighted by Crippen LogP contribution is 2.30. The molecule has 1 fully saturated rings. The minimum absolute atomic E-state index is 0.150. The third-order valence-electron chi connectivity index (χ3n) is 4.75. The number of benzene rings is 1. The quantitative estimate of drug-likeness (QED) is 0.719. The summed E-state index contributed by atoms with van der Waals surface area (Å²) >= 11 is 0. The van der Waals surface area contributed by atoms with E-state index in [4.69, 9.17) is 0 Å². The van der Waals surface area contributed by atoms with Crippen molar-refractivity contribution in [2.24, 2.45) is 0 Å². The number of carbonyl (C=O) groups excluding carboxylic acids is 1. The Morgan fingerprint density at radius 1 is 1.04 bits per heavy atom. The zero-order valence-electron chi connectivity index (χ0n) is 15.6. The second-order valence-electron chi connectivity index (χ2n) is 7.05. The number of hydrogen-bond acceptors (Lipinski definition) is 4. The molecule has 8 heteroatoms. The highest BCUT2D eigenvalue weighted by Gasteiger charge is 2.30. The van der Waals surface area contributed by atoms with E-state index < -0.39 is 11.7 Å². The summed E-state index contributed by atoms with van der Waals surface area (Å²) in [6.07, 6.45) is 2.15. The van der Waals surface area contributed by atoms with Crippen LogP contribution in [0.5, 0.6) is 0 Å². The predicted molar refractivity (Wildman–Crippen MR) is 100 cm³/mol. The molecule has 1 amide bonds. The molecule has 28 heavy (non-hydrogen) atoms. The second kappa shape index (κ2) is 8.58. The van der Waals surface area contributed by atoms with Crippen molar-refractivity contribution in [3.05, 3.63) is 47.4 Å². The third-order valence-corrected chi connectivity index (χ3v) is 4.75. The minimum Gasteiger partial charge on any atom is -0.348 e. The van der Waals surface area contributed by atoms with Gasteiger partial charge in [-0.05, 0) is 44.0 Å². The van der Waals surface area contributed by atoms with Crippen LogP contribution in [0.3, 0.4) is 0 Å². The van der Waals surface area contributed by atoms with Crippen molar-refractivity contribution in [3.8, 4) is 0 Å². The van der Waals surface area contributed by atoms with Crippen molar-refractivity contribution >= 4 is 17.4 Å². The molecule has 0 spiro atoms. The Morgan fingerprint density at radius 2 is 1.68 bits per heavy atom. The van der Waals surface area contributed by atoms with Crippen LogP contribution in [0.25, 0.3) is 0 Å². The van der Waals surface area contributed by atoms with Gasteiger partial charge in [0.15, 0.2) is 0 Å². The zero-order valence-corrected chi connectivity index (χ0v) is 15.6. The van der Waals surface area contributed by atoms with E-state index in [0.717, 1.165) is 37.8 Å². The average Bonchev–Trinajstić information content (AvgIpc) is 2.89. The monoisotopic (exact) mass is 392 g/mol. The summed E-state index contributed by atoms with van der Waals surface area (Å²) < 4.78 is 38.0. The lowest BCUT2D eigenvalue weighted by Gasteiger charge is -2.16. The van der Waals surface area contributed by atoms with Crippen LogP contribution in [0.1, 0.15) is 60.4 Å². The molecule has 3 rings (SSSR count). The summed E-state index contributed by atoms with van der Waals surface area (Å²) in [6, 6.07) is 6.30. The summed E-state index contributed by atoms with van der Waals surface area (Å²) in [5, 5.41) is 5.97. The average molecular weight is 392 g/mol. The van der Waals surface area contributed by atoms with Gasteiger partial charge in [0.2, 0.25) is 0 Å². The standard InChI is InChI=1S/C20H23F3N4O/c1-13-24-17(19(28)27-15-6-4-2-3-5-7-15)12-18(25-13)26-16-10-8-14(9-11-16)20(21,22)23/h8-12,15H,2-7H2,1H3,(H,27,28)(H,24,25,26). The molecular formula is C20H23F3N4O. The van der Waals surface area contributed by atoms with Crippen LogP contribution in [0.15, 0.2) is 30.3 Å². The number of alkyl halides is 3. The van der Waals surface area contributed by atoms with Crippen LogP contribution in [-0.4, -0.2) is 21.9 Å². The van der Waals surface area contributed by atoms with Crippen LogP contribution in [-0.2, 0) is 6.18 Å². The van der Waals surface area contributed by atoms with Gasteiger partial charge in [-0.25, -0.2) is 9.97 Å². The maximum atomic E-state index is 12.7. The number of carbonyl (C=O) groups is 1. The number of nitrogens with zero attached hydrogens (tertiary/aromatic N) is 2. The fourth-order valence-electron chi connectivity index (χ4n) is 3.32. The molecule has 1 aliphatic carbocycles. The van der Waals surface area contributed by atoms with Crippen molar-refractivity contribution in [2.45, 2.75) is 57.7 Å². The van der Waals surface area contributed by atoms with E-state index >= 15 is 0 Å². The molecule has 1 aromatic carbocycles. The van der Waals surface area contributed by atoms with Crippen molar-refractivity contribution in [2.75, 3.05) is 5.32 Å². The smallest absolute Gasteiger partial charge is 0.348 e. The van der Waals surface area contributed by atoms with Crippen molar-refractivity contribution in [1.82, 2.24) is 15.3 Å². The number of aryl methyl sites for hydroxylation is 1. The van der Waals surface area contributed by atoms with Crippen molar-refractivity contribution in [1.29, 1.82) is 0 Å². The van der Waals surface area contributed by atoms with Gasteiger partial charge in [0.25, 0.3) is 5.91 Å². The fraction of sp³-hybridized carbons (Fsp3) is 0.450. The first-order chi connectivity index (χ1) is 13.3. The lowest BCUT2D eigenvalue weighted by Crippen LogP contribution is -2.35. The molecule has 2 N–H and O–H groups in total. The molecule has 5 nitrogen and oxygen atoms in total. The van der Waals surface area contributed by atoms with Gasteiger partial charge < -0.3 is 10.6 Å². The highest BCUT2D eigenvalue weighted by molar-refractivity contribution is 5.93. The second-order valence-corrected chi connectivity index (χ2v) is 7.05. The van der Waals surface area contributed by atoms with Gasteiger partial charge >= 0.3 is 6.18 Å². The maximum absolute atomic E-state index is 12.7. The molecule has 0 radical (unpaired) electrons. The first-order valence-electron chi connectivity index (χ1n) is 9.42. The molecular weight excluding hydrogens is 369 g/mol. The molecule has 0 unspecified atom stereocenters. The van der Waals surface area contributed by atoms with Crippen LogP contribution in [0, 0.1) is 6.92 Å². The summed E-state index contributed by atoms with van der Waals surface area (Å²) in [4.78, 5) is 21.0. The van der Waals surface area contributed by atoms with Gasteiger partial charge in [0.05, 0.1) is 5.56 Å². The fourth-order valence-corrected chi connectivity index (χ4v) is 3.32. The van der Waals surface area contributed by atoms with E-state index in [-0.39, 0.29) is 17.6 Å². The normalized spacial score (nSPS) is 15.7. The first kappa shape index (κ1) is 20.1. The van der Waals surface area contributed by atoms with Crippen LogP contribution in [0.4, 0.5) is 24.7 Å². The Kier molecular flexibility index (Phi) is 6.16. The third kappa shape index (κ3) is 5.43. The number of nitrogens with one attached hydrogen (secondary N) is 2. The lowest BCUT2D eigenvalue weighted by molar-refractivity contribution is -0.137. The Bertz CT molecular complexity index is 813. The predicted octanol–water partition coefficient (Wildman–Crippen LogP) is 5.00. The first-order valence-corrected chi connectivity index (χ1v) is 9.42. The minimum atomic E-state index is -4.38. The van der Waals surface area contributed by atoms with E-state index in [1.807, 2.05) is 0 Å². The molecule has 0 atom stereocenters. The van der Waals surface area contributed by atoms with E-state index in [0.29, 0.717) is 17.3 Å². The largest absolute Gasteiger partial charge is 0.416 e.